The van der Waals surface area contributed by atoms with Crippen LogP contribution in [0.15, 0.2) is 24.3 Å². The topological polar surface area (TPSA) is 76.1 Å². The van der Waals surface area contributed by atoms with E-state index in [0.717, 1.165) is 31.2 Å². The number of hydrogen-bond donors (Lipinski definition) is 1. The zero-order chi connectivity index (χ0) is 17.6. The molecule has 1 saturated heterocycles. The quantitative estimate of drug-likeness (QED) is 0.620. The Morgan fingerprint density at radius 2 is 2.16 bits per heavy atom. The minimum atomic E-state index is -3.65. The summed E-state index contributed by atoms with van der Waals surface area (Å²) >= 11 is 0. The van der Waals surface area contributed by atoms with Crippen molar-refractivity contribution < 1.29 is 22.4 Å². The predicted octanol–water partition coefficient (Wildman–Crippen LogP) is 0.831. The molecule has 2 bridgehead atoms. The Bertz CT molecular complexity index is 895. The Hall–Kier alpha value is -1.57. The van der Waals surface area contributed by atoms with Crippen LogP contribution in [0.2, 0.25) is 0 Å². The van der Waals surface area contributed by atoms with Gasteiger partial charge < -0.3 is 18.9 Å². The fourth-order valence-electron chi connectivity index (χ4n) is 5.46. The van der Waals surface area contributed by atoms with Crippen molar-refractivity contribution in [2.24, 2.45) is 5.92 Å². The maximum atomic E-state index is 11.7. The molecule has 0 unspecified atom stereocenters. The number of benzene rings is 1. The molecule has 2 aliphatic heterocycles. The summed E-state index contributed by atoms with van der Waals surface area (Å²) in [5.74, 6) is 0.985. The van der Waals surface area contributed by atoms with Crippen LogP contribution in [0, 0.1) is 5.92 Å². The fourth-order valence-corrected chi connectivity index (χ4v) is 5.91. The fraction of sp³-hybridized carbons (Fsp3) is 0.556. The molecule has 1 aromatic rings. The number of ether oxygens (including phenoxy) is 1. The summed E-state index contributed by atoms with van der Waals surface area (Å²) in [6.45, 7) is 0.928. The minimum absolute atomic E-state index is 0.230. The summed E-state index contributed by atoms with van der Waals surface area (Å²) in [6.07, 6.45) is 5.66. The molecule has 5 atom stereocenters. The second-order valence-electron chi connectivity index (χ2n) is 7.70. The minimum Gasteiger partial charge on any atom is -0.482 e. The Morgan fingerprint density at radius 1 is 1.36 bits per heavy atom. The Labute approximate surface area is 147 Å². The highest BCUT2D eigenvalue weighted by molar-refractivity contribution is 7.86. The molecule has 5 rings (SSSR count). The van der Waals surface area contributed by atoms with Crippen molar-refractivity contribution >= 4 is 10.1 Å². The Morgan fingerprint density at radius 3 is 2.92 bits per heavy atom. The first-order chi connectivity index (χ1) is 11.8. The number of piperidine rings is 1. The number of aliphatic hydroxyl groups excluding tert-OH is 1. The van der Waals surface area contributed by atoms with Gasteiger partial charge in [0.05, 0.1) is 6.26 Å². The molecule has 0 saturated carbocycles. The molecule has 1 fully saturated rings. The summed E-state index contributed by atoms with van der Waals surface area (Å²) in [5, 5.41) is 10.6. The number of aliphatic hydroxyl groups is 1. The Balaban J connectivity index is 1.76. The highest BCUT2D eigenvalue weighted by Crippen LogP contribution is 2.62. The van der Waals surface area contributed by atoms with Gasteiger partial charge >= 0.3 is 10.1 Å². The summed E-state index contributed by atoms with van der Waals surface area (Å²) in [4.78, 5) is 2.39. The summed E-state index contributed by atoms with van der Waals surface area (Å²) in [7, 11) is -1.50. The van der Waals surface area contributed by atoms with Crippen LogP contribution in [0.25, 0.3) is 0 Å². The third kappa shape index (κ3) is 1.94. The van der Waals surface area contributed by atoms with E-state index in [1.165, 1.54) is 5.56 Å². The van der Waals surface area contributed by atoms with Crippen molar-refractivity contribution in [1.29, 1.82) is 0 Å². The van der Waals surface area contributed by atoms with Crippen LogP contribution in [0.4, 0.5) is 0 Å². The second kappa shape index (κ2) is 4.78. The van der Waals surface area contributed by atoms with Crippen LogP contribution in [0.1, 0.15) is 17.5 Å². The van der Waals surface area contributed by atoms with Crippen molar-refractivity contribution in [3.05, 3.63) is 35.4 Å². The molecule has 7 heteroatoms. The zero-order valence-electron chi connectivity index (χ0n) is 14.2. The SMILES string of the molecule is CN1CC[C@]23c4c5ccc(OS(C)(=O)=O)c4O[C@H]2[C@@H](O)C=C[C@H]3[C@H]1C5. The molecular formula is C18H21NO5S. The normalized spacial score (nSPS) is 38.2. The monoisotopic (exact) mass is 363 g/mol. The van der Waals surface area contributed by atoms with Crippen molar-refractivity contribution in [3.8, 4) is 11.5 Å². The third-order valence-electron chi connectivity index (χ3n) is 6.38. The zero-order valence-corrected chi connectivity index (χ0v) is 15.0. The van der Waals surface area contributed by atoms with Gasteiger partial charge in [0, 0.05) is 22.9 Å². The van der Waals surface area contributed by atoms with E-state index in [0.29, 0.717) is 11.8 Å². The first-order valence-corrected chi connectivity index (χ1v) is 10.4. The molecule has 1 spiro atoms. The van der Waals surface area contributed by atoms with Crippen LogP contribution >= 0.6 is 0 Å². The van der Waals surface area contributed by atoms with Gasteiger partial charge in [-0.25, -0.2) is 0 Å². The van der Waals surface area contributed by atoms with Gasteiger partial charge in [0.25, 0.3) is 0 Å². The molecule has 1 N–H and O–H groups in total. The van der Waals surface area contributed by atoms with Crippen molar-refractivity contribution in [1.82, 2.24) is 4.90 Å². The molecule has 25 heavy (non-hydrogen) atoms. The lowest BCUT2D eigenvalue weighted by atomic mass is 9.53. The number of hydrogen-bond acceptors (Lipinski definition) is 6. The highest BCUT2D eigenvalue weighted by atomic mass is 32.2. The number of likely N-dealkylation sites (tertiary alicyclic amines) is 1. The Kier molecular flexibility index (Phi) is 2.99. The smallest absolute Gasteiger partial charge is 0.306 e. The molecule has 0 radical (unpaired) electrons. The van der Waals surface area contributed by atoms with Gasteiger partial charge in [-0.3, -0.25) is 0 Å². The van der Waals surface area contributed by atoms with E-state index in [2.05, 4.69) is 18.0 Å². The van der Waals surface area contributed by atoms with Crippen molar-refractivity contribution in [2.45, 2.75) is 36.5 Å². The summed E-state index contributed by atoms with van der Waals surface area (Å²) < 4.78 is 34.7. The van der Waals surface area contributed by atoms with Crippen LogP contribution in [0.3, 0.4) is 0 Å². The lowest BCUT2D eigenvalue weighted by Crippen LogP contribution is -2.64. The first kappa shape index (κ1) is 15.7. The number of likely N-dealkylation sites (N-methyl/N-ethyl adjacent to an activating group) is 1. The second-order valence-corrected chi connectivity index (χ2v) is 9.27. The van der Waals surface area contributed by atoms with Crippen LogP contribution in [-0.4, -0.2) is 56.5 Å². The van der Waals surface area contributed by atoms with Crippen molar-refractivity contribution in [3.63, 3.8) is 0 Å². The standard InChI is InChI=1S/C18H21NO5S/c1-19-8-7-18-11-4-5-13(20)17(18)23-16-14(24-25(2,21)22)6-3-10(15(16)18)9-12(11)19/h3-6,11-13,17,20H,7-9H2,1-2H3/t11-,12+,13-,17-,18-/m0/s1. The first-order valence-electron chi connectivity index (χ1n) is 8.60. The molecule has 1 aromatic carbocycles. The van der Waals surface area contributed by atoms with Gasteiger partial charge in [0.2, 0.25) is 0 Å². The molecule has 2 aliphatic carbocycles. The third-order valence-corrected chi connectivity index (χ3v) is 6.86. The van der Waals surface area contributed by atoms with Gasteiger partial charge in [-0.1, -0.05) is 18.2 Å². The molecule has 2 heterocycles. The highest BCUT2D eigenvalue weighted by Gasteiger charge is 2.64. The lowest BCUT2D eigenvalue weighted by Gasteiger charge is -2.56. The maximum absolute atomic E-state index is 11.7. The molecule has 0 amide bonds. The van der Waals surface area contributed by atoms with Crippen LogP contribution in [0.5, 0.6) is 11.5 Å². The summed E-state index contributed by atoms with van der Waals surface area (Å²) in [6, 6.07) is 4.00. The number of nitrogens with zero attached hydrogens (tertiary/aromatic N) is 1. The maximum Gasteiger partial charge on any atom is 0.306 e. The van der Waals surface area contributed by atoms with Gasteiger partial charge in [0.15, 0.2) is 11.5 Å². The van der Waals surface area contributed by atoms with E-state index >= 15 is 0 Å². The molecule has 6 nitrogen and oxygen atoms in total. The lowest BCUT2D eigenvalue weighted by molar-refractivity contribution is -0.0452. The van der Waals surface area contributed by atoms with E-state index in [1.807, 2.05) is 12.1 Å². The van der Waals surface area contributed by atoms with E-state index in [1.54, 1.807) is 6.07 Å². The van der Waals surface area contributed by atoms with Gasteiger partial charge in [-0.05, 0) is 38.1 Å². The van der Waals surface area contributed by atoms with E-state index in [-0.39, 0.29) is 17.1 Å². The van der Waals surface area contributed by atoms with Gasteiger partial charge in [0.1, 0.15) is 12.2 Å². The van der Waals surface area contributed by atoms with E-state index in [4.69, 9.17) is 8.92 Å². The van der Waals surface area contributed by atoms with Crippen LogP contribution < -0.4 is 8.92 Å². The van der Waals surface area contributed by atoms with Crippen LogP contribution in [-0.2, 0) is 22.0 Å². The van der Waals surface area contributed by atoms with E-state index < -0.39 is 22.3 Å². The van der Waals surface area contributed by atoms with Gasteiger partial charge in [-0.15, -0.1) is 0 Å². The average Bonchev–Trinajstić information content (AvgIpc) is 2.88. The molecular weight excluding hydrogens is 342 g/mol. The average molecular weight is 363 g/mol. The molecule has 4 aliphatic rings. The molecule has 134 valence electrons. The number of rotatable bonds is 2. The summed E-state index contributed by atoms with van der Waals surface area (Å²) in [5.41, 5.74) is 1.93. The largest absolute Gasteiger partial charge is 0.482 e. The van der Waals surface area contributed by atoms with Gasteiger partial charge in [-0.2, -0.15) is 8.42 Å². The van der Waals surface area contributed by atoms with Crippen molar-refractivity contribution in [2.75, 3.05) is 19.8 Å². The molecule has 0 aromatic heterocycles. The predicted molar refractivity (Wildman–Crippen MR) is 91.4 cm³/mol. The van der Waals surface area contributed by atoms with E-state index in [9.17, 15) is 13.5 Å².